The predicted molar refractivity (Wildman–Crippen MR) is 40.9 cm³/mol. The number of thiazole rings is 1. The Bertz CT molecular complexity index is 176. The molecule has 0 aliphatic carbocycles. The summed E-state index contributed by atoms with van der Waals surface area (Å²) in [5.41, 5.74) is 7.26. The average molecular weight is 158 g/mol. The molecule has 1 heterocycles. The summed E-state index contributed by atoms with van der Waals surface area (Å²) >= 11 is 1.56. The van der Waals surface area contributed by atoms with E-state index in [1.165, 1.54) is 0 Å². The van der Waals surface area contributed by atoms with Crippen LogP contribution in [0, 0.1) is 0 Å². The molecule has 0 aliphatic rings. The van der Waals surface area contributed by atoms with Crippen LogP contribution in [0.1, 0.15) is 4.88 Å². The van der Waals surface area contributed by atoms with Crippen molar-refractivity contribution in [2.24, 2.45) is 5.73 Å². The number of nitrogens with two attached hydrogens (primary N) is 1. The number of aliphatic hydroxyl groups is 1. The molecular weight excluding hydrogens is 148 g/mol. The number of nitrogens with zero attached hydrogens (tertiary/aromatic N) is 1. The third-order valence-electron chi connectivity index (χ3n) is 1.18. The molecule has 1 rings (SSSR count). The second kappa shape index (κ2) is 3.65. The van der Waals surface area contributed by atoms with Crippen molar-refractivity contribution in [2.45, 2.75) is 12.5 Å². The van der Waals surface area contributed by atoms with Crippen LogP contribution in [0.3, 0.4) is 0 Å². The van der Waals surface area contributed by atoms with Gasteiger partial charge in [0.2, 0.25) is 0 Å². The Balaban J connectivity index is 2.40. The molecule has 3 N–H and O–H groups in total. The number of hydrogen-bond donors (Lipinski definition) is 2. The lowest BCUT2D eigenvalue weighted by molar-refractivity contribution is 0.265. The molecule has 0 saturated heterocycles. The summed E-state index contributed by atoms with van der Waals surface area (Å²) in [6, 6.07) is -0.138. The molecule has 1 aromatic heterocycles. The summed E-state index contributed by atoms with van der Waals surface area (Å²) in [5, 5.41) is 8.59. The second-order valence-electron chi connectivity index (χ2n) is 2.11. The molecule has 0 bridgehead atoms. The van der Waals surface area contributed by atoms with Crippen LogP contribution in [-0.4, -0.2) is 22.7 Å². The lowest BCUT2D eigenvalue weighted by Gasteiger charge is -2.03. The van der Waals surface area contributed by atoms with Crippen molar-refractivity contribution in [2.75, 3.05) is 6.61 Å². The zero-order valence-electron chi connectivity index (χ0n) is 5.53. The van der Waals surface area contributed by atoms with Gasteiger partial charge >= 0.3 is 0 Å². The Labute approximate surface area is 63.5 Å². The molecule has 0 aliphatic heterocycles. The van der Waals surface area contributed by atoms with Crippen molar-refractivity contribution < 1.29 is 5.11 Å². The maximum atomic E-state index is 8.59. The topological polar surface area (TPSA) is 59.1 Å². The zero-order valence-corrected chi connectivity index (χ0v) is 6.34. The molecule has 0 saturated carbocycles. The van der Waals surface area contributed by atoms with Crippen LogP contribution in [0.2, 0.25) is 0 Å². The van der Waals surface area contributed by atoms with Crippen LogP contribution in [0.4, 0.5) is 0 Å². The van der Waals surface area contributed by atoms with Gasteiger partial charge in [-0.05, 0) is 0 Å². The van der Waals surface area contributed by atoms with E-state index >= 15 is 0 Å². The second-order valence-corrected chi connectivity index (χ2v) is 3.09. The maximum Gasteiger partial charge on any atom is 0.0794 e. The van der Waals surface area contributed by atoms with Crippen molar-refractivity contribution >= 4 is 11.3 Å². The first kappa shape index (κ1) is 7.65. The number of rotatable bonds is 3. The normalized spacial score (nSPS) is 13.4. The summed E-state index contributed by atoms with van der Waals surface area (Å²) < 4.78 is 0. The van der Waals surface area contributed by atoms with Gasteiger partial charge in [0, 0.05) is 23.5 Å². The molecule has 1 aromatic rings. The Morgan fingerprint density at radius 3 is 3.10 bits per heavy atom. The van der Waals surface area contributed by atoms with E-state index in [2.05, 4.69) is 4.98 Å². The molecule has 0 spiro atoms. The van der Waals surface area contributed by atoms with Gasteiger partial charge in [-0.3, -0.25) is 4.98 Å². The molecule has 1 atom stereocenters. The average Bonchev–Trinajstić information content (AvgIpc) is 2.40. The fourth-order valence-electron chi connectivity index (χ4n) is 0.666. The van der Waals surface area contributed by atoms with Gasteiger partial charge in [-0.25, -0.2) is 0 Å². The van der Waals surface area contributed by atoms with Crippen LogP contribution >= 0.6 is 11.3 Å². The Morgan fingerprint density at radius 1 is 1.80 bits per heavy atom. The highest BCUT2D eigenvalue weighted by Gasteiger charge is 2.02. The van der Waals surface area contributed by atoms with Gasteiger partial charge < -0.3 is 10.8 Å². The van der Waals surface area contributed by atoms with Gasteiger partial charge in [0.05, 0.1) is 12.1 Å². The Kier molecular flexibility index (Phi) is 2.80. The first-order valence-electron chi connectivity index (χ1n) is 3.06. The minimum absolute atomic E-state index is 0.0396. The quantitative estimate of drug-likeness (QED) is 0.651. The fourth-order valence-corrected chi connectivity index (χ4v) is 1.36. The SMILES string of the molecule is N[C@@H](CO)Cc1cncs1. The standard InChI is InChI=1S/C6H10N2OS/c7-5(3-9)1-6-2-8-4-10-6/h2,4-5,9H,1,3,7H2/t5-/m1/s1. The van der Waals surface area contributed by atoms with Crippen molar-refractivity contribution in [3.05, 3.63) is 16.6 Å². The fraction of sp³-hybridized carbons (Fsp3) is 0.500. The van der Waals surface area contributed by atoms with Crippen molar-refractivity contribution in [3.63, 3.8) is 0 Å². The van der Waals surface area contributed by atoms with Crippen LogP contribution in [0.25, 0.3) is 0 Å². The first-order valence-corrected chi connectivity index (χ1v) is 3.94. The summed E-state index contributed by atoms with van der Waals surface area (Å²) in [5.74, 6) is 0. The van der Waals surface area contributed by atoms with Gasteiger partial charge in [0.15, 0.2) is 0 Å². The van der Waals surface area contributed by atoms with Gasteiger partial charge in [-0.1, -0.05) is 0 Å². The van der Waals surface area contributed by atoms with E-state index in [0.29, 0.717) is 0 Å². The van der Waals surface area contributed by atoms with Crippen LogP contribution in [0.5, 0.6) is 0 Å². The summed E-state index contributed by atoms with van der Waals surface area (Å²) in [6.45, 7) is 0.0396. The molecule has 0 fully saturated rings. The molecule has 0 unspecified atom stereocenters. The molecule has 4 heteroatoms. The molecule has 0 aromatic carbocycles. The van der Waals surface area contributed by atoms with Gasteiger partial charge in [0.25, 0.3) is 0 Å². The van der Waals surface area contributed by atoms with Gasteiger partial charge in [-0.2, -0.15) is 0 Å². The van der Waals surface area contributed by atoms with E-state index in [4.69, 9.17) is 10.8 Å². The van der Waals surface area contributed by atoms with Gasteiger partial charge in [0.1, 0.15) is 0 Å². The molecule has 0 radical (unpaired) electrons. The number of aromatic nitrogens is 1. The van der Waals surface area contributed by atoms with Crippen LogP contribution < -0.4 is 5.73 Å². The van der Waals surface area contributed by atoms with E-state index in [9.17, 15) is 0 Å². The summed E-state index contributed by atoms with van der Waals surface area (Å²) in [7, 11) is 0. The van der Waals surface area contributed by atoms with Gasteiger partial charge in [-0.15, -0.1) is 11.3 Å². The minimum Gasteiger partial charge on any atom is -0.395 e. The molecule has 0 amide bonds. The van der Waals surface area contributed by atoms with Crippen molar-refractivity contribution in [3.8, 4) is 0 Å². The van der Waals surface area contributed by atoms with Crippen molar-refractivity contribution in [1.29, 1.82) is 0 Å². The van der Waals surface area contributed by atoms with Crippen LogP contribution in [0.15, 0.2) is 11.7 Å². The molecule has 56 valence electrons. The van der Waals surface area contributed by atoms with E-state index in [1.54, 1.807) is 23.0 Å². The highest BCUT2D eigenvalue weighted by Crippen LogP contribution is 2.06. The third-order valence-corrected chi connectivity index (χ3v) is 1.98. The lowest BCUT2D eigenvalue weighted by Crippen LogP contribution is -2.26. The van der Waals surface area contributed by atoms with Crippen molar-refractivity contribution in [1.82, 2.24) is 4.98 Å². The molecule has 10 heavy (non-hydrogen) atoms. The zero-order chi connectivity index (χ0) is 7.40. The third kappa shape index (κ3) is 2.06. The summed E-state index contributed by atoms with van der Waals surface area (Å²) in [6.07, 6.45) is 2.50. The van der Waals surface area contributed by atoms with E-state index in [-0.39, 0.29) is 12.6 Å². The maximum absolute atomic E-state index is 8.59. The lowest BCUT2D eigenvalue weighted by atomic mass is 10.2. The monoisotopic (exact) mass is 158 g/mol. The first-order chi connectivity index (χ1) is 4.83. The molecular formula is C6H10N2OS. The van der Waals surface area contributed by atoms with Crippen LogP contribution in [-0.2, 0) is 6.42 Å². The Hall–Kier alpha value is -0.450. The highest BCUT2D eigenvalue weighted by atomic mass is 32.1. The Morgan fingerprint density at radius 2 is 2.60 bits per heavy atom. The smallest absolute Gasteiger partial charge is 0.0794 e. The summed E-state index contributed by atoms with van der Waals surface area (Å²) in [4.78, 5) is 5.02. The number of aliphatic hydroxyl groups excluding tert-OH is 1. The van der Waals surface area contributed by atoms with E-state index in [0.717, 1.165) is 11.3 Å². The number of hydrogen-bond acceptors (Lipinski definition) is 4. The van der Waals surface area contributed by atoms with E-state index < -0.39 is 0 Å². The highest BCUT2D eigenvalue weighted by molar-refractivity contribution is 7.09. The predicted octanol–water partition coefficient (Wildman–Crippen LogP) is 0.00520. The minimum atomic E-state index is -0.138. The largest absolute Gasteiger partial charge is 0.395 e. The van der Waals surface area contributed by atoms with E-state index in [1.807, 2.05) is 0 Å². The molecule has 3 nitrogen and oxygen atoms in total.